The van der Waals surface area contributed by atoms with Gasteiger partial charge in [0.2, 0.25) is 0 Å². The number of aliphatic carboxylic acids is 1. The Morgan fingerprint density at radius 3 is 2.77 bits per heavy atom. The number of aryl methyl sites for hydroxylation is 1. The lowest BCUT2D eigenvalue weighted by Gasteiger charge is -2.01. The SMILES string of the molecule is Cc1nnc(CNCC(=O)O)n1C. The molecule has 72 valence electrons. The minimum Gasteiger partial charge on any atom is -0.480 e. The number of hydrogen-bond donors (Lipinski definition) is 2. The van der Waals surface area contributed by atoms with Crippen molar-refractivity contribution in [2.75, 3.05) is 6.54 Å². The number of hydrogen-bond acceptors (Lipinski definition) is 4. The van der Waals surface area contributed by atoms with Crippen molar-refractivity contribution in [1.82, 2.24) is 20.1 Å². The number of carboxylic acids is 1. The minimum atomic E-state index is -0.876. The first-order valence-corrected chi connectivity index (χ1v) is 3.88. The first-order chi connectivity index (χ1) is 6.11. The molecule has 0 saturated heterocycles. The van der Waals surface area contributed by atoms with Crippen LogP contribution in [0.3, 0.4) is 0 Å². The van der Waals surface area contributed by atoms with Crippen molar-refractivity contribution in [2.24, 2.45) is 7.05 Å². The Morgan fingerprint density at radius 1 is 1.62 bits per heavy atom. The molecule has 0 radical (unpaired) electrons. The van der Waals surface area contributed by atoms with Gasteiger partial charge in [0.1, 0.15) is 11.6 Å². The van der Waals surface area contributed by atoms with Crippen molar-refractivity contribution < 1.29 is 9.90 Å². The maximum absolute atomic E-state index is 10.2. The maximum atomic E-state index is 10.2. The van der Waals surface area contributed by atoms with E-state index in [-0.39, 0.29) is 6.54 Å². The first-order valence-electron chi connectivity index (χ1n) is 3.88. The molecule has 0 spiro atoms. The van der Waals surface area contributed by atoms with E-state index in [1.807, 2.05) is 18.5 Å². The van der Waals surface area contributed by atoms with Crippen LogP contribution in [0.2, 0.25) is 0 Å². The summed E-state index contributed by atoms with van der Waals surface area (Å²) >= 11 is 0. The van der Waals surface area contributed by atoms with Crippen LogP contribution in [0.5, 0.6) is 0 Å². The maximum Gasteiger partial charge on any atom is 0.317 e. The predicted molar refractivity (Wildman–Crippen MR) is 45.1 cm³/mol. The molecule has 13 heavy (non-hydrogen) atoms. The Hall–Kier alpha value is -1.43. The smallest absolute Gasteiger partial charge is 0.317 e. The van der Waals surface area contributed by atoms with Crippen molar-refractivity contribution in [1.29, 1.82) is 0 Å². The topological polar surface area (TPSA) is 80.0 Å². The highest BCUT2D eigenvalue weighted by Gasteiger charge is 2.04. The van der Waals surface area contributed by atoms with Crippen molar-refractivity contribution in [3.8, 4) is 0 Å². The lowest BCUT2D eigenvalue weighted by Crippen LogP contribution is -2.23. The molecule has 1 aromatic heterocycles. The lowest BCUT2D eigenvalue weighted by atomic mass is 10.5. The van der Waals surface area contributed by atoms with Crippen LogP contribution in [0.4, 0.5) is 0 Å². The van der Waals surface area contributed by atoms with Gasteiger partial charge in [-0.2, -0.15) is 0 Å². The Labute approximate surface area is 75.6 Å². The number of nitrogens with zero attached hydrogens (tertiary/aromatic N) is 3. The summed E-state index contributed by atoms with van der Waals surface area (Å²) in [5.74, 6) is 0.671. The molecule has 0 unspecified atom stereocenters. The molecule has 0 aliphatic rings. The summed E-state index contributed by atoms with van der Waals surface area (Å²) in [5.41, 5.74) is 0. The molecule has 1 heterocycles. The average Bonchev–Trinajstić information content (AvgIpc) is 2.35. The third-order valence-electron chi connectivity index (χ3n) is 1.74. The molecule has 6 heteroatoms. The van der Waals surface area contributed by atoms with E-state index in [1.54, 1.807) is 0 Å². The summed E-state index contributed by atoms with van der Waals surface area (Å²) in [6, 6.07) is 0. The van der Waals surface area contributed by atoms with Crippen molar-refractivity contribution >= 4 is 5.97 Å². The van der Waals surface area contributed by atoms with Crippen molar-refractivity contribution in [3.05, 3.63) is 11.6 Å². The molecule has 0 amide bonds. The van der Waals surface area contributed by atoms with Crippen LogP contribution in [0.15, 0.2) is 0 Å². The summed E-state index contributed by atoms with van der Waals surface area (Å²) in [5, 5.41) is 18.8. The van der Waals surface area contributed by atoms with Gasteiger partial charge < -0.3 is 9.67 Å². The van der Waals surface area contributed by atoms with E-state index in [1.165, 1.54) is 0 Å². The fraction of sp³-hybridized carbons (Fsp3) is 0.571. The zero-order chi connectivity index (χ0) is 9.84. The van der Waals surface area contributed by atoms with Crippen LogP contribution in [-0.4, -0.2) is 32.4 Å². The van der Waals surface area contributed by atoms with Crippen LogP contribution in [0.25, 0.3) is 0 Å². The predicted octanol–water partition coefficient (Wildman–Crippen LogP) is -0.702. The quantitative estimate of drug-likeness (QED) is 0.646. The molecule has 1 rings (SSSR count). The Morgan fingerprint density at radius 2 is 2.31 bits per heavy atom. The number of rotatable bonds is 4. The second kappa shape index (κ2) is 3.99. The number of nitrogens with one attached hydrogen (secondary N) is 1. The fourth-order valence-electron chi connectivity index (χ4n) is 0.886. The molecule has 1 aromatic rings. The fourth-order valence-corrected chi connectivity index (χ4v) is 0.886. The molecular formula is C7H12N4O2. The van der Waals surface area contributed by atoms with Crippen LogP contribution < -0.4 is 5.32 Å². The highest BCUT2D eigenvalue weighted by atomic mass is 16.4. The number of carbonyl (C=O) groups is 1. The van der Waals surface area contributed by atoms with Gasteiger partial charge in [-0.3, -0.25) is 10.1 Å². The van der Waals surface area contributed by atoms with Crippen molar-refractivity contribution in [3.63, 3.8) is 0 Å². The van der Waals surface area contributed by atoms with Gasteiger partial charge >= 0.3 is 5.97 Å². The molecule has 0 fully saturated rings. The van der Waals surface area contributed by atoms with Gasteiger partial charge in [0, 0.05) is 7.05 Å². The standard InChI is InChI=1S/C7H12N4O2/c1-5-9-10-6(11(5)2)3-8-4-7(12)13/h8H,3-4H2,1-2H3,(H,12,13). The summed E-state index contributed by atoms with van der Waals surface area (Å²) in [6.07, 6.45) is 0. The van der Waals surface area contributed by atoms with Crippen LogP contribution in [0, 0.1) is 6.92 Å². The molecule has 0 aliphatic carbocycles. The molecule has 0 atom stereocenters. The van der Waals surface area contributed by atoms with Crippen LogP contribution >= 0.6 is 0 Å². The highest BCUT2D eigenvalue weighted by Crippen LogP contribution is 1.95. The van der Waals surface area contributed by atoms with E-state index < -0.39 is 5.97 Å². The molecule has 6 nitrogen and oxygen atoms in total. The van der Waals surface area contributed by atoms with E-state index >= 15 is 0 Å². The summed E-state index contributed by atoms with van der Waals surface area (Å²) < 4.78 is 1.81. The third kappa shape index (κ3) is 2.51. The average molecular weight is 184 g/mol. The second-order valence-corrected chi connectivity index (χ2v) is 2.72. The Bertz CT molecular complexity index is 307. The molecule has 2 N–H and O–H groups in total. The number of aromatic nitrogens is 3. The van der Waals surface area contributed by atoms with Gasteiger partial charge in [-0.15, -0.1) is 10.2 Å². The van der Waals surface area contributed by atoms with E-state index in [0.717, 1.165) is 11.6 Å². The van der Waals surface area contributed by atoms with Crippen LogP contribution in [0.1, 0.15) is 11.6 Å². The molecule has 0 aliphatic heterocycles. The zero-order valence-corrected chi connectivity index (χ0v) is 7.61. The zero-order valence-electron chi connectivity index (χ0n) is 7.61. The molecule has 0 saturated carbocycles. The monoisotopic (exact) mass is 184 g/mol. The van der Waals surface area contributed by atoms with Crippen molar-refractivity contribution in [2.45, 2.75) is 13.5 Å². The summed E-state index contributed by atoms with van der Waals surface area (Å²) in [6.45, 7) is 2.20. The van der Waals surface area contributed by atoms with Gasteiger partial charge in [0.05, 0.1) is 13.1 Å². The van der Waals surface area contributed by atoms with E-state index in [0.29, 0.717) is 6.54 Å². The largest absolute Gasteiger partial charge is 0.480 e. The van der Waals surface area contributed by atoms with Gasteiger partial charge in [-0.1, -0.05) is 0 Å². The van der Waals surface area contributed by atoms with E-state index in [4.69, 9.17) is 5.11 Å². The Balaban J connectivity index is 2.45. The molecule has 0 aromatic carbocycles. The van der Waals surface area contributed by atoms with Crippen LogP contribution in [-0.2, 0) is 18.4 Å². The Kier molecular flexibility index (Phi) is 2.97. The summed E-state index contributed by atoms with van der Waals surface area (Å²) in [4.78, 5) is 10.2. The summed E-state index contributed by atoms with van der Waals surface area (Å²) in [7, 11) is 1.84. The minimum absolute atomic E-state index is 0.0636. The van der Waals surface area contributed by atoms with E-state index in [9.17, 15) is 4.79 Å². The molecule has 0 bridgehead atoms. The van der Waals surface area contributed by atoms with Gasteiger partial charge in [-0.25, -0.2) is 0 Å². The number of carboxylic acid groups (broad SMARTS) is 1. The first kappa shape index (κ1) is 9.66. The molecular weight excluding hydrogens is 172 g/mol. The van der Waals surface area contributed by atoms with Gasteiger partial charge in [-0.05, 0) is 6.92 Å². The third-order valence-corrected chi connectivity index (χ3v) is 1.74. The normalized spacial score (nSPS) is 10.3. The highest BCUT2D eigenvalue weighted by molar-refractivity contribution is 5.68. The second-order valence-electron chi connectivity index (χ2n) is 2.72. The van der Waals surface area contributed by atoms with E-state index in [2.05, 4.69) is 15.5 Å². The lowest BCUT2D eigenvalue weighted by molar-refractivity contribution is -0.136. The van der Waals surface area contributed by atoms with Gasteiger partial charge in [0.15, 0.2) is 0 Å². The van der Waals surface area contributed by atoms with Gasteiger partial charge in [0.25, 0.3) is 0 Å².